The molecular formula is C41H77N8O6+3. The normalized spacial score (nSPS) is 25.8. The topological polar surface area (TPSA) is 245 Å². The molecule has 0 radical (unpaired) electrons. The van der Waals surface area contributed by atoms with Crippen LogP contribution in [0.1, 0.15) is 149 Å². The van der Waals surface area contributed by atoms with E-state index in [1.807, 2.05) is 0 Å². The zero-order valence-corrected chi connectivity index (χ0v) is 34.2. The summed E-state index contributed by atoms with van der Waals surface area (Å²) < 4.78 is 0. The Balaban J connectivity index is 1.59. The van der Waals surface area contributed by atoms with Crippen molar-refractivity contribution in [2.24, 2.45) is 23.7 Å². The third-order valence-electron chi connectivity index (χ3n) is 12.2. The lowest BCUT2D eigenvalue weighted by Crippen LogP contribution is -2.54. The van der Waals surface area contributed by atoms with Gasteiger partial charge in [0.1, 0.15) is 5.78 Å². The van der Waals surface area contributed by atoms with Gasteiger partial charge in [0.15, 0.2) is 0 Å². The highest BCUT2D eigenvalue weighted by Gasteiger charge is 2.36. The van der Waals surface area contributed by atoms with Gasteiger partial charge in [-0.25, -0.2) is 0 Å². The van der Waals surface area contributed by atoms with Gasteiger partial charge in [-0.15, -0.1) is 0 Å². The highest BCUT2D eigenvalue weighted by Crippen LogP contribution is 2.28. The summed E-state index contributed by atoms with van der Waals surface area (Å²) in [5, 5.41) is 15.7. The molecule has 9 atom stereocenters. The Bertz CT molecular complexity index is 1240. The second kappa shape index (κ2) is 25.2. The molecule has 6 unspecified atom stereocenters. The lowest BCUT2D eigenvalue weighted by Gasteiger charge is -2.34. The average molecular weight is 778 g/mol. The van der Waals surface area contributed by atoms with Gasteiger partial charge in [0.2, 0.25) is 29.5 Å². The van der Waals surface area contributed by atoms with Crippen LogP contribution in [0.3, 0.4) is 0 Å². The molecule has 3 aliphatic carbocycles. The molecule has 3 aliphatic rings. The highest BCUT2D eigenvalue weighted by molar-refractivity contribution is 5.85. The molecule has 0 saturated heterocycles. The summed E-state index contributed by atoms with van der Waals surface area (Å²) >= 11 is 0. The van der Waals surface area contributed by atoms with Crippen molar-refractivity contribution in [3.8, 4) is 0 Å². The van der Waals surface area contributed by atoms with Crippen molar-refractivity contribution in [2.45, 2.75) is 179 Å². The number of amides is 5. The van der Waals surface area contributed by atoms with E-state index in [9.17, 15) is 28.8 Å². The van der Waals surface area contributed by atoms with Crippen molar-refractivity contribution in [1.82, 2.24) is 26.6 Å². The van der Waals surface area contributed by atoms with Crippen LogP contribution in [0, 0.1) is 23.7 Å². The van der Waals surface area contributed by atoms with Crippen molar-refractivity contribution in [3.05, 3.63) is 0 Å². The number of rotatable bonds is 23. The third-order valence-corrected chi connectivity index (χ3v) is 12.2. The zero-order chi connectivity index (χ0) is 40.2. The van der Waals surface area contributed by atoms with Crippen LogP contribution in [-0.2, 0) is 28.8 Å². The first kappa shape index (κ1) is 46.3. The maximum atomic E-state index is 13.8. The van der Waals surface area contributed by atoms with Crippen LogP contribution in [0.2, 0.25) is 0 Å². The van der Waals surface area contributed by atoms with Gasteiger partial charge in [0.25, 0.3) is 0 Å². The van der Waals surface area contributed by atoms with E-state index in [0.717, 1.165) is 90.0 Å². The lowest BCUT2D eigenvalue weighted by atomic mass is 9.82. The van der Waals surface area contributed by atoms with Crippen LogP contribution < -0.4 is 43.8 Å². The summed E-state index contributed by atoms with van der Waals surface area (Å²) in [6.07, 6.45) is 15.3. The van der Waals surface area contributed by atoms with Crippen molar-refractivity contribution in [3.63, 3.8) is 0 Å². The summed E-state index contributed by atoms with van der Waals surface area (Å²) in [4.78, 5) is 79.5. The monoisotopic (exact) mass is 778 g/mol. The Kier molecular flexibility index (Phi) is 21.2. The number of hydrogen-bond acceptors (Lipinski definition) is 6. The molecule has 3 saturated carbocycles. The molecular weight excluding hydrogens is 701 g/mol. The van der Waals surface area contributed by atoms with Crippen LogP contribution >= 0.6 is 0 Å². The van der Waals surface area contributed by atoms with Crippen LogP contribution in [0.5, 0.6) is 0 Å². The molecule has 0 aromatic carbocycles. The number of nitrogens with one attached hydrogen (secondary N) is 5. The number of carbonyl (C=O) groups excluding carboxylic acids is 6. The van der Waals surface area contributed by atoms with Crippen LogP contribution in [0.15, 0.2) is 0 Å². The quantitative estimate of drug-likeness (QED) is 0.0732. The molecule has 14 nitrogen and oxygen atoms in total. The van der Waals surface area contributed by atoms with Crippen LogP contribution in [0.25, 0.3) is 0 Å². The first-order valence-corrected chi connectivity index (χ1v) is 21.8. The van der Waals surface area contributed by atoms with Crippen molar-refractivity contribution < 1.29 is 46.0 Å². The average Bonchev–Trinajstić information content (AvgIpc) is 3.15. The summed E-state index contributed by atoms with van der Waals surface area (Å²) in [6, 6.07) is -1.49. The maximum Gasteiger partial charge on any atom is 0.225 e. The first-order valence-electron chi connectivity index (χ1n) is 21.8. The van der Waals surface area contributed by atoms with E-state index < -0.39 is 5.92 Å². The molecule has 5 amide bonds. The van der Waals surface area contributed by atoms with E-state index in [4.69, 9.17) is 0 Å². The fourth-order valence-electron chi connectivity index (χ4n) is 9.03. The van der Waals surface area contributed by atoms with Gasteiger partial charge in [-0.2, -0.15) is 0 Å². The Morgan fingerprint density at radius 3 is 1.25 bits per heavy atom. The van der Waals surface area contributed by atoms with E-state index in [0.29, 0.717) is 51.6 Å². The Hall–Kier alpha value is -3.10. The fourth-order valence-corrected chi connectivity index (χ4v) is 9.03. The molecule has 0 aromatic rings. The standard InChI is InChI=1S/C41H74N8O6/c1-27(12-9-21-42)24-37(51)48-35-19-7-4-16-32(35)40(54)46-30(14-11-23-44)26-39(53)49-36-20-8-5-17-33(36)41(55)45-29(13-10-22-43)25-38(52)47-34-18-6-3-15-31(34)28(2)50/h27,29-36H,3-26,42-44H2,1-2H3,(H,45,55)(H,46,54)(H,47,52)(H,48,51)(H,49,53)/p+3/t27-,29-,30-,31?,32?,33?,34?,35?,36?/m1/s1. The number of carbonyl (C=O) groups is 6. The minimum absolute atomic E-state index is 0.0143. The summed E-state index contributed by atoms with van der Waals surface area (Å²) in [5.74, 6) is -1.22. The molecule has 55 heavy (non-hydrogen) atoms. The SMILES string of the molecule is CC(=O)C1CCCCC1NC(=O)C[C@@H](CCC[NH3+])NC(=O)C1CCCCC1NC(=O)C[C@@H](CCC[NH3+])NC(=O)C1CCCCC1NC(=O)C[C@H](C)CCC[NH3+]. The van der Waals surface area contributed by atoms with Crippen molar-refractivity contribution >= 4 is 35.3 Å². The first-order chi connectivity index (χ1) is 26.4. The van der Waals surface area contributed by atoms with Gasteiger partial charge in [-0.3, -0.25) is 28.8 Å². The molecule has 14 N–H and O–H groups in total. The smallest absolute Gasteiger partial charge is 0.225 e. The minimum Gasteiger partial charge on any atom is -0.358 e. The number of quaternary nitrogens is 3. The third kappa shape index (κ3) is 16.5. The van der Waals surface area contributed by atoms with Crippen molar-refractivity contribution in [2.75, 3.05) is 19.6 Å². The summed E-state index contributed by atoms with van der Waals surface area (Å²) in [7, 11) is 0. The lowest BCUT2D eigenvalue weighted by molar-refractivity contribution is -0.369. The Labute approximate surface area is 329 Å². The second-order valence-electron chi connectivity index (χ2n) is 16.9. The summed E-state index contributed by atoms with van der Waals surface area (Å²) in [6.45, 7) is 5.89. The van der Waals surface area contributed by atoms with Gasteiger partial charge in [0.05, 0.1) is 31.5 Å². The molecule has 3 rings (SSSR count). The molecule has 14 heteroatoms. The van der Waals surface area contributed by atoms with Gasteiger partial charge >= 0.3 is 0 Å². The highest BCUT2D eigenvalue weighted by atomic mass is 16.2. The van der Waals surface area contributed by atoms with Crippen LogP contribution in [0.4, 0.5) is 0 Å². The number of ketones is 1. The van der Waals surface area contributed by atoms with E-state index in [2.05, 4.69) is 50.7 Å². The minimum atomic E-state index is -0.427. The van der Waals surface area contributed by atoms with E-state index in [1.54, 1.807) is 6.92 Å². The fraction of sp³-hybridized carbons (Fsp3) is 0.854. The van der Waals surface area contributed by atoms with Gasteiger partial charge in [0, 0.05) is 55.4 Å². The number of hydrogen-bond donors (Lipinski definition) is 8. The van der Waals surface area contributed by atoms with Crippen molar-refractivity contribution in [1.29, 1.82) is 0 Å². The predicted molar refractivity (Wildman–Crippen MR) is 210 cm³/mol. The van der Waals surface area contributed by atoms with E-state index in [-0.39, 0.29) is 96.1 Å². The van der Waals surface area contributed by atoms with Crippen LogP contribution in [-0.4, -0.2) is 85.2 Å². The predicted octanol–water partition coefficient (Wildman–Crippen LogP) is 0.443. The zero-order valence-electron chi connectivity index (χ0n) is 34.2. The second-order valence-corrected chi connectivity index (χ2v) is 16.9. The van der Waals surface area contributed by atoms with Gasteiger partial charge < -0.3 is 43.8 Å². The largest absolute Gasteiger partial charge is 0.358 e. The summed E-state index contributed by atoms with van der Waals surface area (Å²) in [5.41, 5.74) is 11.8. The molecule has 3 fully saturated rings. The van der Waals surface area contributed by atoms with Gasteiger partial charge in [-0.1, -0.05) is 45.4 Å². The molecule has 0 spiro atoms. The maximum absolute atomic E-state index is 13.8. The molecule has 0 bridgehead atoms. The van der Waals surface area contributed by atoms with E-state index >= 15 is 0 Å². The van der Waals surface area contributed by atoms with E-state index in [1.165, 1.54) is 0 Å². The number of Topliss-reactive ketones (excluding diaryl/α,β-unsaturated/α-hetero) is 1. The Morgan fingerprint density at radius 2 is 0.855 bits per heavy atom. The molecule has 314 valence electrons. The Morgan fingerprint density at radius 1 is 0.509 bits per heavy atom. The van der Waals surface area contributed by atoms with Gasteiger partial charge in [-0.05, 0) is 89.9 Å². The molecule has 0 aliphatic heterocycles. The molecule has 0 aromatic heterocycles. The molecule has 0 heterocycles.